The molecule has 6 nitrogen and oxygen atoms in total. The Bertz CT molecular complexity index is 1120. The second-order valence-corrected chi connectivity index (χ2v) is 7.64. The van der Waals surface area contributed by atoms with Crippen molar-refractivity contribution in [3.63, 3.8) is 0 Å². The number of carbonyl (C=O) groups is 1. The van der Waals surface area contributed by atoms with Gasteiger partial charge in [-0.05, 0) is 36.8 Å². The van der Waals surface area contributed by atoms with Crippen molar-refractivity contribution in [3.8, 4) is 0 Å². The van der Waals surface area contributed by atoms with Gasteiger partial charge in [0, 0.05) is 18.1 Å². The minimum absolute atomic E-state index is 0.0568. The van der Waals surface area contributed by atoms with Crippen molar-refractivity contribution in [3.05, 3.63) is 78.5 Å². The molecule has 1 aromatic heterocycles. The number of benzene rings is 2. The Labute approximate surface area is 158 Å². The number of fused-ring (bicyclic) bond motifs is 1. The van der Waals surface area contributed by atoms with Gasteiger partial charge in [0.05, 0.1) is 16.8 Å². The lowest BCUT2D eigenvalue weighted by molar-refractivity contribution is 0.0959. The van der Waals surface area contributed by atoms with Crippen LogP contribution in [0.4, 0.5) is 5.69 Å². The number of hydrogen-bond acceptors (Lipinski definition) is 4. The number of amides is 1. The Kier molecular flexibility index (Phi) is 5.23. The van der Waals surface area contributed by atoms with Crippen molar-refractivity contribution < 1.29 is 13.2 Å². The molecule has 0 saturated carbocycles. The monoisotopic (exact) mass is 381 g/mol. The van der Waals surface area contributed by atoms with Crippen molar-refractivity contribution in [2.45, 2.75) is 11.8 Å². The van der Waals surface area contributed by atoms with Crippen molar-refractivity contribution in [2.75, 3.05) is 11.3 Å². The molecule has 0 radical (unpaired) electrons. The first kappa shape index (κ1) is 18.6. The van der Waals surface area contributed by atoms with Crippen LogP contribution in [0.15, 0.2) is 72.3 Å². The van der Waals surface area contributed by atoms with E-state index in [9.17, 15) is 13.2 Å². The molecule has 0 atom stereocenters. The number of aromatic nitrogens is 1. The average Bonchev–Trinajstić information content (AvgIpc) is 2.65. The molecule has 0 saturated heterocycles. The van der Waals surface area contributed by atoms with Crippen LogP contribution in [0.1, 0.15) is 15.9 Å². The molecular weight excluding hydrogens is 362 g/mol. The van der Waals surface area contributed by atoms with E-state index >= 15 is 0 Å². The summed E-state index contributed by atoms with van der Waals surface area (Å²) in [5, 5.41) is 3.38. The van der Waals surface area contributed by atoms with Crippen LogP contribution < -0.4 is 10.0 Å². The number of nitrogens with zero attached hydrogens (tertiary/aromatic N) is 1. The van der Waals surface area contributed by atoms with Crippen LogP contribution in [0, 0.1) is 6.92 Å². The second-order valence-electron chi connectivity index (χ2n) is 5.99. The maximum absolute atomic E-state index is 13.0. The molecule has 0 fully saturated rings. The van der Waals surface area contributed by atoms with Crippen LogP contribution in [0.5, 0.6) is 0 Å². The van der Waals surface area contributed by atoms with E-state index < -0.39 is 10.0 Å². The summed E-state index contributed by atoms with van der Waals surface area (Å²) in [6.07, 6.45) is 3.17. The number of sulfonamides is 1. The Morgan fingerprint density at radius 1 is 1.19 bits per heavy atom. The maximum atomic E-state index is 13.0. The van der Waals surface area contributed by atoms with Crippen LogP contribution in [-0.2, 0) is 10.0 Å². The summed E-state index contributed by atoms with van der Waals surface area (Å²) >= 11 is 0. The zero-order chi connectivity index (χ0) is 19.4. The molecule has 1 amide bonds. The molecule has 0 bridgehead atoms. The molecule has 27 heavy (non-hydrogen) atoms. The summed E-state index contributed by atoms with van der Waals surface area (Å²) in [4.78, 5) is 16.6. The SMILES string of the molecule is C=CCNC(=O)c1ccccc1NS(=O)(=O)c1cccc2cc(C)cnc12. The summed E-state index contributed by atoms with van der Waals surface area (Å²) in [5.74, 6) is -0.389. The Balaban J connectivity index is 2.02. The molecule has 2 N–H and O–H groups in total. The number of anilines is 1. The molecule has 0 aliphatic rings. The fourth-order valence-corrected chi connectivity index (χ4v) is 3.95. The predicted octanol–water partition coefficient (Wildman–Crippen LogP) is 3.26. The fourth-order valence-electron chi connectivity index (χ4n) is 2.69. The third-order valence-corrected chi connectivity index (χ3v) is 5.32. The lowest BCUT2D eigenvalue weighted by atomic mass is 10.1. The summed E-state index contributed by atoms with van der Waals surface area (Å²) in [6, 6.07) is 13.3. The summed E-state index contributed by atoms with van der Waals surface area (Å²) in [7, 11) is -3.94. The summed E-state index contributed by atoms with van der Waals surface area (Å²) in [5.41, 5.74) is 1.74. The standard InChI is InChI=1S/C20H19N3O3S/c1-3-11-21-20(24)16-8-4-5-9-17(16)23-27(25,26)18-10-6-7-15-12-14(2)13-22-19(15)18/h3-10,12-13,23H,1,11H2,2H3,(H,21,24). The average molecular weight is 381 g/mol. The zero-order valence-corrected chi connectivity index (χ0v) is 15.6. The molecule has 0 aliphatic carbocycles. The maximum Gasteiger partial charge on any atom is 0.264 e. The van der Waals surface area contributed by atoms with Gasteiger partial charge in [0.15, 0.2) is 0 Å². The highest BCUT2D eigenvalue weighted by Gasteiger charge is 2.21. The van der Waals surface area contributed by atoms with Gasteiger partial charge < -0.3 is 5.32 Å². The van der Waals surface area contributed by atoms with E-state index in [-0.39, 0.29) is 28.6 Å². The minimum Gasteiger partial charge on any atom is -0.349 e. The molecule has 3 rings (SSSR count). The van der Waals surface area contributed by atoms with Gasteiger partial charge in [0.25, 0.3) is 15.9 Å². The molecule has 0 unspecified atom stereocenters. The van der Waals surface area contributed by atoms with Gasteiger partial charge in [-0.2, -0.15) is 0 Å². The second kappa shape index (κ2) is 7.59. The molecule has 0 aliphatic heterocycles. The first-order valence-electron chi connectivity index (χ1n) is 8.28. The van der Waals surface area contributed by atoms with Gasteiger partial charge in [-0.1, -0.05) is 30.3 Å². The predicted molar refractivity (Wildman–Crippen MR) is 106 cm³/mol. The van der Waals surface area contributed by atoms with Gasteiger partial charge in [-0.15, -0.1) is 6.58 Å². The first-order chi connectivity index (χ1) is 12.9. The highest BCUT2D eigenvalue weighted by Crippen LogP contribution is 2.25. The van der Waals surface area contributed by atoms with Crippen molar-refractivity contribution in [2.24, 2.45) is 0 Å². The molecule has 138 valence electrons. The zero-order valence-electron chi connectivity index (χ0n) is 14.8. The van der Waals surface area contributed by atoms with Gasteiger partial charge in [0.1, 0.15) is 4.90 Å². The van der Waals surface area contributed by atoms with E-state index in [0.29, 0.717) is 5.52 Å². The highest BCUT2D eigenvalue weighted by atomic mass is 32.2. The number of para-hydroxylation sites is 2. The smallest absolute Gasteiger partial charge is 0.264 e. The van der Waals surface area contributed by atoms with E-state index in [1.54, 1.807) is 42.6 Å². The topological polar surface area (TPSA) is 88.2 Å². The Hall–Kier alpha value is -3.19. The van der Waals surface area contributed by atoms with Gasteiger partial charge >= 0.3 is 0 Å². The number of hydrogen-bond donors (Lipinski definition) is 2. The lowest BCUT2D eigenvalue weighted by Crippen LogP contribution is -2.25. The van der Waals surface area contributed by atoms with Crippen LogP contribution >= 0.6 is 0 Å². The fraction of sp³-hybridized carbons (Fsp3) is 0.100. The van der Waals surface area contributed by atoms with E-state index in [4.69, 9.17) is 0 Å². The van der Waals surface area contributed by atoms with Crippen LogP contribution in [-0.4, -0.2) is 25.9 Å². The van der Waals surface area contributed by atoms with Crippen LogP contribution in [0.2, 0.25) is 0 Å². The molecule has 0 spiro atoms. The van der Waals surface area contributed by atoms with Crippen molar-refractivity contribution in [1.82, 2.24) is 10.3 Å². The first-order valence-corrected chi connectivity index (χ1v) is 9.77. The molecule has 7 heteroatoms. The van der Waals surface area contributed by atoms with Crippen molar-refractivity contribution >= 4 is 32.5 Å². The number of aryl methyl sites for hydroxylation is 1. The third-order valence-electron chi connectivity index (χ3n) is 3.92. The van der Waals surface area contributed by atoms with Gasteiger partial charge in [0.2, 0.25) is 0 Å². The molecule has 3 aromatic rings. The Morgan fingerprint density at radius 3 is 2.74 bits per heavy atom. The minimum atomic E-state index is -3.94. The van der Waals surface area contributed by atoms with E-state index in [0.717, 1.165) is 10.9 Å². The van der Waals surface area contributed by atoms with E-state index in [1.165, 1.54) is 6.07 Å². The lowest BCUT2D eigenvalue weighted by Gasteiger charge is -2.13. The Morgan fingerprint density at radius 2 is 1.96 bits per heavy atom. The summed E-state index contributed by atoms with van der Waals surface area (Å²) < 4.78 is 28.5. The highest BCUT2D eigenvalue weighted by molar-refractivity contribution is 7.93. The molecule has 1 heterocycles. The normalized spacial score (nSPS) is 11.1. The number of carbonyl (C=O) groups excluding carboxylic acids is 1. The number of nitrogens with one attached hydrogen (secondary N) is 2. The van der Waals surface area contributed by atoms with Crippen LogP contribution in [0.3, 0.4) is 0 Å². The van der Waals surface area contributed by atoms with Crippen molar-refractivity contribution in [1.29, 1.82) is 0 Å². The number of pyridine rings is 1. The third kappa shape index (κ3) is 3.98. The van der Waals surface area contributed by atoms with Gasteiger partial charge in [-0.25, -0.2) is 8.42 Å². The number of rotatable bonds is 6. The summed E-state index contributed by atoms with van der Waals surface area (Å²) in [6.45, 7) is 5.73. The quantitative estimate of drug-likeness (QED) is 0.642. The largest absolute Gasteiger partial charge is 0.349 e. The van der Waals surface area contributed by atoms with E-state index in [1.807, 2.05) is 19.1 Å². The van der Waals surface area contributed by atoms with Crippen LogP contribution in [0.25, 0.3) is 10.9 Å². The van der Waals surface area contributed by atoms with Gasteiger partial charge in [-0.3, -0.25) is 14.5 Å². The van der Waals surface area contributed by atoms with E-state index in [2.05, 4.69) is 21.6 Å². The molecule has 2 aromatic carbocycles. The molecular formula is C20H19N3O3S.